The molecule has 0 bridgehead atoms. The van der Waals surface area contributed by atoms with Gasteiger partial charge in [0.05, 0.1) is 10.7 Å². The molecule has 26 heavy (non-hydrogen) atoms. The normalized spacial score (nSPS) is 12.6. The van der Waals surface area contributed by atoms with Crippen molar-refractivity contribution in [2.24, 2.45) is 0 Å². The topological polar surface area (TPSA) is 64.0 Å². The summed E-state index contributed by atoms with van der Waals surface area (Å²) in [5, 5.41) is 2.84. The summed E-state index contributed by atoms with van der Waals surface area (Å²) in [6.45, 7) is 1.06. The summed E-state index contributed by atoms with van der Waals surface area (Å²) in [5.74, 6) is -2.04. The van der Waals surface area contributed by atoms with Crippen LogP contribution in [0.1, 0.15) is 17.8 Å². The van der Waals surface area contributed by atoms with Crippen LogP contribution in [-0.2, 0) is 22.7 Å². The third-order valence-electron chi connectivity index (χ3n) is 3.42. The summed E-state index contributed by atoms with van der Waals surface area (Å²) in [4.78, 5) is -0.852. The molecule has 12 heteroatoms. The van der Waals surface area contributed by atoms with Gasteiger partial charge in [0.15, 0.2) is 5.69 Å². The Kier molecular flexibility index (Phi) is 5.93. The molecule has 1 heterocycles. The minimum Gasteiger partial charge on any atom is -0.268 e. The number of aromatic nitrogens is 2. The predicted molar refractivity (Wildman–Crippen MR) is 83.1 cm³/mol. The van der Waals surface area contributed by atoms with Gasteiger partial charge in [0.25, 0.3) is 0 Å². The van der Waals surface area contributed by atoms with Crippen LogP contribution in [0, 0.1) is 18.6 Å². The number of hydrogen-bond acceptors (Lipinski definition) is 3. The molecule has 1 aromatic heterocycles. The molecule has 1 N–H and O–H groups in total. The highest BCUT2D eigenvalue weighted by molar-refractivity contribution is 7.89. The molecule has 1 aromatic carbocycles. The van der Waals surface area contributed by atoms with Crippen molar-refractivity contribution in [3.8, 4) is 0 Å². The average molecular weight is 418 g/mol. The van der Waals surface area contributed by atoms with Gasteiger partial charge >= 0.3 is 6.18 Å². The molecule has 0 radical (unpaired) electrons. The van der Waals surface area contributed by atoms with Crippen LogP contribution in [-0.4, -0.2) is 24.7 Å². The fourth-order valence-electron chi connectivity index (χ4n) is 2.12. The second-order valence-corrected chi connectivity index (χ2v) is 7.41. The Balaban J connectivity index is 2.02. The molecule has 0 amide bonds. The van der Waals surface area contributed by atoms with Crippen LogP contribution < -0.4 is 4.72 Å². The Labute approximate surface area is 150 Å². The SMILES string of the molecule is Cc1c(Cl)c(C(F)(F)F)nn1CCCNS(=O)(=O)c1cc(F)ccc1F. The summed E-state index contributed by atoms with van der Waals surface area (Å²) in [7, 11) is -4.30. The third-order valence-corrected chi connectivity index (χ3v) is 5.35. The molecular weight excluding hydrogens is 405 g/mol. The number of benzene rings is 1. The zero-order chi connectivity index (χ0) is 19.7. The second kappa shape index (κ2) is 7.49. The molecule has 5 nitrogen and oxygen atoms in total. The Morgan fingerprint density at radius 3 is 2.50 bits per heavy atom. The van der Waals surface area contributed by atoms with E-state index in [2.05, 4.69) is 9.82 Å². The molecule has 0 saturated heterocycles. The monoisotopic (exact) mass is 417 g/mol. The Morgan fingerprint density at radius 2 is 1.92 bits per heavy atom. The van der Waals surface area contributed by atoms with Crippen LogP contribution in [0.25, 0.3) is 0 Å². The first-order valence-corrected chi connectivity index (χ1v) is 9.04. The largest absolute Gasteiger partial charge is 0.436 e. The summed E-state index contributed by atoms with van der Waals surface area (Å²) in [6.07, 6.45) is -4.66. The fourth-order valence-corrected chi connectivity index (χ4v) is 3.52. The van der Waals surface area contributed by atoms with E-state index in [0.29, 0.717) is 12.1 Å². The predicted octanol–water partition coefficient (Wildman–Crippen LogP) is 3.51. The number of nitrogens with zero attached hydrogens (tertiary/aromatic N) is 2. The van der Waals surface area contributed by atoms with Crippen LogP contribution in [0.5, 0.6) is 0 Å². The van der Waals surface area contributed by atoms with E-state index >= 15 is 0 Å². The Morgan fingerprint density at radius 1 is 1.27 bits per heavy atom. The molecule has 0 aliphatic heterocycles. The van der Waals surface area contributed by atoms with Crippen molar-refractivity contribution in [2.75, 3.05) is 6.54 Å². The lowest BCUT2D eigenvalue weighted by molar-refractivity contribution is -0.141. The molecule has 0 atom stereocenters. The van der Waals surface area contributed by atoms with E-state index in [4.69, 9.17) is 11.6 Å². The van der Waals surface area contributed by atoms with Crippen molar-refractivity contribution >= 4 is 21.6 Å². The van der Waals surface area contributed by atoms with E-state index in [1.807, 2.05) is 0 Å². The first-order chi connectivity index (χ1) is 11.9. The van der Waals surface area contributed by atoms with Gasteiger partial charge in [-0.3, -0.25) is 4.68 Å². The minimum absolute atomic E-state index is 0.0479. The fraction of sp³-hybridized carbons (Fsp3) is 0.357. The first kappa shape index (κ1) is 20.6. The van der Waals surface area contributed by atoms with Crippen molar-refractivity contribution in [3.63, 3.8) is 0 Å². The van der Waals surface area contributed by atoms with E-state index in [-0.39, 0.29) is 25.2 Å². The van der Waals surface area contributed by atoms with Crippen LogP contribution in [0.15, 0.2) is 23.1 Å². The summed E-state index contributed by atoms with van der Waals surface area (Å²) >= 11 is 5.60. The van der Waals surface area contributed by atoms with Gasteiger partial charge in [0.2, 0.25) is 10.0 Å². The van der Waals surface area contributed by atoms with E-state index < -0.39 is 43.4 Å². The van der Waals surface area contributed by atoms with Crippen molar-refractivity contribution in [3.05, 3.63) is 46.2 Å². The molecular formula is C14H13ClF5N3O2S. The number of sulfonamides is 1. The number of nitrogens with one attached hydrogen (secondary N) is 1. The quantitative estimate of drug-likeness (QED) is 0.578. The van der Waals surface area contributed by atoms with Crippen LogP contribution in [0.4, 0.5) is 22.0 Å². The summed E-state index contributed by atoms with van der Waals surface area (Å²) < 4.78 is 91.8. The van der Waals surface area contributed by atoms with Gasteiger partial charge in [-0.25, -0.2) is 21.9 Å². The van der Waals surface area contributed by atoms with Gasteiger partial charge in [-0.1, -0.05) is 11.6 Å². The average Bonchev–Trinajstić information content (AvgIpc) is 2.82. The van der Waals surface area contributed by atoms with Crippen molar-refractivity contribution in [1.29, 1.82) is 0 Å². The van der Waals surface area contributed by atoms with E-state index in [0.717, 1.165) is 10.7 Å². The first-order valence-electron chi connectivity index (χ1n) is 7.18. The molecule has 144 valence electrons. The molecule has 0 aliphatic carbocycles. The lowest BCUT2D eigenvalue weighted by Crippen LogP contribution is -2.26. The van der Waals surface area contributed by atoms with Crippen LogP contribution in [0.3, 0.4) is 0 Å². The third kappa shape index (κ3) is 4.51. The van der Waals surface area contributed by atoms with Gasteiger partial charge in [0.1, 0.15) is 16.5 Å². The molecule has 2 aromatic rings. The second-order valence-electron chi connectivity index (χ2n) is 5.29. The van der Waals surface area contributed by atoms with Crippen LogP contribution >= 0.6 is 11.6 Å². The number of rotatable bonds is 6. The molecule has 0 spiro atoms. The van der Waals surface area contributed by atoms with Crippen molar-refractivity contribution in [1.82, 2.24) is 14.5 Å². The number of alkyl halides is 3. The highest BCUT2D eigenvalue weighted by Gasteiger charge is 2.38. The standard InChI is InChI=1S/C14H13ClF5N3O2S/c1-8-12(15)13(14(18,19)20)22-23(8)6-2-5-21-26(24,25)11-7-9(16)3-4-10(11)17/h3-4,7,21H,2,5-6H2,1H3. The maximum absolute atomic E-state index is 13.5. The van der Waals surface area contributed by atoms with E-state index in [9.17, 15) is 30.4 Å². The molecule has 0 saturated carbocycles. The van der Waals surface area contributed by atoms with Gasteiger partial charge in [-0.15, -0.1) is 0 Å². The molecule has 0 unspecified atom stereocenters. The van der Waals surface area contributed by atoms with Gasteiger partial charge < -0.3 is 0 Å². The molecule has 0 aliphatic rings. The van der Waals surface area contributed by atoms with Crippen LogP contribution in [0.2, 0.25) is 5.02 Å². The van der Waals surface area contributed by atoms with Crippen molar-refractivity contribution in [2.45, 2.75) is 31.0 Å². The summed E-state index contributed by atoms with van der Waals surface area (Å²) in [5.41, 5.74) is -1.14. The van der Waals surface area contributed by atoms with E-state index in [1.165, 1.54) is 6.92 Å². The van der Waals surface area contributed by atoms with Gasteiger partial charge in [-0.2, -0.15) is 18.3 Å². The lowest BCUT2D eigenvalue weighted by Gasteiger charge is -2.08. The zero-order valence-electron chi connectivity index (χ0n) is 13.2. The number of aryl methyl sites for hydroxylation is 1. The minimum atomic E-state index is -4.70. The molecule has 0 fully saturated rings. The van der Waals surface area contributed by atoms with Crippen molar-refractivity contribution < 1.29 is 30.4 Å². The maximum atomic E-state index is 13.5. The van der Waals surface area contributed by atoms with Gasteiger partial charge in [0, 0.05) is 13.1 Å². The maximum Gasteiger partial charge on any atom is 0.436 e. The molecule has 2 rings (SSSR count). The zero-order valence-corrected chi connectivity index (χ0v) is 14.8. The van der Waals surface area contributed by atoms with Gasteiger partial charge in [-0.05, 0) is 31.5 Å². The Hall–Kier alpha value is -1.72. The Bertz CT molecular complexity index is 912. The van der Waals surface area contributed by atoms with E-state index in [1.54, 1.807) is 0 Å². The summed E-state index contributed by atoms with van der Waals surface area (Å²) in [6, 6.07) is 1.99. The smallest absolute Gasteiger partial charge is 0.268 e. The lowest BCUT2D eigenvalue weighted by atomic mass is 10.3. The highest BCUT2D eigenvalue weighted by atomic mass is 35.5. The number of hydrogen-bond donors (Lipinski definition) is 1. The number of halogens is 6. The highest BCUT2D eigenvalue weighted by Crippen LogP contribution is 2.35.